The average molecular weight is 322 g/mol. The number of amides is 1. The number of ether oxygens (including phenoxy) is 1. The minimum Gasteiger partial charge on any atom is -0.384 e. The topological polar surface area (TPSA) is 50.4 Å². The van der Waals surface area contributed by atoms with Crippen molar-refractivity contribution in [3.05, 3.63) is 16.0 Å². The molecule has 0 bridgehead atoms. The third-order valence-electron chi connectivity index (χ3n) is 5.13. The van der Waals surface area contributed by atoms with Crippen LogP contribution in [0.4, 0.5) is 5.00 Å². The number of nitrogens with one attached hydrogen (secondary N) is 2. The zero-order chi connectivity index (χ0) is 15.6. The first-order chi connectivity index (χ1) is 10.7. The summed E-state index contributed by atoms with van der Waals surface area (Å²) in [4.78, 5) is 14.4. The Hall–Kier alpha value is -0.910. The van der Waals surface area contributed by atoms with E-state index in [1.807, 2.05) is 0 Å². The second-order valence-corrected chi connectivity index (χ2v) is 7.69. The third-order valence-corrected chi connectivity index (χ3v) is 6.44. The maximum atomic E-state index is 12.9. The number of thiophene rings is 1. The second kappa shape index (κ2) is 6.69. The molecule has 0 unspecified atom stereocenters. The molecule has 2 aliphatic rings. The van der Waals surface area contributed by atoms with Gasteiger partial charge in [0.15, 0.2) is 0 Å². The van der Waals surface area contributed by atoms with Crippen molar-refractivity contribution in [1.29, 1.82) is 0 Å². The maximum Gasteiger partial charge on any atom is 0.233 e. The lowest BCUT2D eigenvalue weighted by Crippen LogP contribution is -2.47. The van der Waals surface area contributed by atoms with E-state index in [9.17, 15) is 4.79 Å². The SMILES string of the molecule is COCC1(C(=O)Nc2sc3c(c2C)CCCC3)CCNCC1. The molecule has 1 aromatic heterocycles. The quantitative estimate of drug-likeness (QED) is 0.896. The molecule has 1 aromatic rings. The second-order valence-electron chi connectivity index (χ2n) is 6.58. The number of anilines is 1. The van der Waals surface area contributed by atoms with E-state index in [0.717, 1.165) is 30.9 Å². The number of hydrogen-bond acceptors (Lipinski definition) is 4. The van der Waals surface area contributed by atoms with Crippen LogP contribution >= 0.6 is 11.3 Å². The molecule has 0 spiro atoms. The molecule has 22 heavy (non-hydrogen) atoms. The molecular formula is C17H26N2O2S. The molecular weight excluding hydrogens is 296 g/mol. The van der Waals surface area contributed by atoms with Gasteiger partial charge in [-0.25, -0.2) is 0 Å². The van der Waals surface area contributed by atoms with Crippen molar-refractivity contribution < 1.29 is 9.53 Å². The van der Waals surface area contributed by atoms with Crippen molar-refractivity contribution in [2.24, 2.45) is 5.41 Å². The highest BCUT2D eigenvalue weighted by molar-refractivity contribution is 7.16. The van der Waals surface area contributed by atoms with Gasteiger partial charge in [-0.2, -0.15) is 0 Å². The van der Waals surface area contributed by atoms with Gasteiger partial charge < -0.3 is 15.4 Å². The molecule has 0 radical (unpaired) electrons. The van der Waals surface area contributed by atoms with Crippen LogP contribution in [0.1, 0.15) is 41.7 Å². The minimum atomic E-state index is -0.378. The Morgan fingerprint density at radius 3 is 2.73 bits per heavy atom. The molecule has 2 heterocycles. The largest absolute Gasteiger partial charge is 0.384 e. The molecule has 122 valence electrons. The van der Waals surface area contributed by atoms with Gasteiger partial charge in [-0.1, -0.05) is 0 Å². The first-order valence-corrected chi connectivity index (χ1v) is 9.10. The Morgan fingerprint density at radius 2 is 2.05 bits per heavy atom. The molecule has 1 fully saturated rings. The predicted octanol–water partition coefficient (Wildman–Crippen LogP) is 2.89. The summed E-state index contributed by atoms with van der Waals surface area (Å²) in [6.45, 7) is 4.43. The third kappa shape index (κ3) is 2.94. The normalized spacial score (nSPS) is 20.5. The summed E-state index contributed by atoms with van der Waals surface area (Å²) in [5.74, 6) is 0.137. The fourth-order valence-electron chi connectivity index (χ4n) is 3.70. The van der Waals surface area contributed by atoms with E-state index in [0.29, 0.717) is 6.61 Å². The molecule has 5 heteroatoms. The van der Waals surface area contributed by atoms with Crippen LogP contribution in [0.25, 0.3) is 0 Å². The summed E-state index contributed by atoms with van der Waals surface area (Å²) >= 11 is 1.78. The highest BCUT2D eigenvalue weighted by atomic mass is 32.1. The summed E-state index contributed by atoms with van der Waals surface area (Å²) in [7, 11) is 1.69. The summed E-state index contributed by atoms with van der Waals surface area (Å²) in [5.41, 5.74) is 2.39. The number of aryl methyl sites for hydroxylation is 1. The number of methoxy groups -OCH3 is 1. The summed E-state index contributed by atoms with van der Waals surface area (Å²) in [6, 6.07) is 0. The van der Waals surface area contributed by atoms with E-state index in [-0.39, 0.29) is 11.3 Å². The molecule has 2 N–H and O–H groups in total. The first-order valence-electron chi connectivity index (χ1n) is 8.28. The number of carbonyl (C=O) groups is 1. The van der Waals surface area contributed by atoms with Gasteiger partial charge in [0.05, 0.1) is 17.0 Å². The molecule has 0 saturated carbocycles. The van der Waals surface area contributed by atoms with Crippen molar-refractivity contribution in [2.75, 3.05) is 32.1 Å². The van der Waals surface area contributed by atoms with Crippen molar-refractivity contribution >= 4 is 22.2 Å². The fraction of sp³-hybridized carbons (Fsp3) is 0.706. The Morgan fingerprint density at radius 1 is 1.32 bits per heavy atom. The summed E-state index contributed by atoms with van der Waals surface area (Å²) in [5, 5.41) is 7.63. The molecule has 0 aromatic carbocycles. The predicted molar refractivity (Wildman–Crippen MR) is 90.7 cm³/mol. The lowest BCUT2D eigenvalue weighted by molar-refractivity contribution is -0.130. The number of hydrogen-bond donors (Lipinski definition) is 2. The van der Waals surface area contributed by atoms with E-state index < -0.39 is 0 Å². The van der Waals surface area contributed by atoms with E-state index in [4.69, 9.17) is 4.74 Å². The van der Waals surface area contributed by atoms with Crippen molar-refractivity contribution in [1.82, 2.24) is 5.32 Å². The van der Waals surface area contributed by atoms with Gasteiger partial charge in [0.2, 0.25) is 5.91 Å². The molecule has 1 amide bonds. The molecule has 1 saturated heterocycles. The Labute approximate surface area is 136 Å². The van der Waals surface area contributed by atoms with E-state index in [2.05, 4.69) is 17.6 Å². The summed E-state index contributed by atoms with van der Waals surface area (Å²) in [6.07, 6.45) is 6.58. The molecule has 4 nitrogen and oxygen atoms in total. The molecule has 1 aliphatic carbocycles. The summed E-state index contributed by atoms with van der Waals surface area (Å²) < 4.78 is 5.37. The van der Waals surface area contributed by atoms with Gasteiger partial charge in [0.1, 0.15) is 0 Å². The molecule has 1 aliphatic heterocycles. The smallest absolute Gasteiger partial charge is 0.233 e. The van der Waals surface area contributed by atoms with Gasteiger partial charge in [-0.15, -0.1) is 11.3 Å². The van der Waals surface area contributed by atoms with Crippen LogP contribution in [-0.4, -0.2) is 32.7 Å². The number of piperidine rings is 1. The molecule has 0 atom stereocenters. The lowest BCUT2D eigenvalue weighted by Gasteiger charge is -2.35. The maximum absolute atomic E-state index is 12.9. The fourth-order valence-corrected chi connectivity index (χ4v) is 4.99. The van der Waals surface area contributed by atoms with Gasteiger partial charge in [0, 0.05) is 12.0 Å². The van der Waals surface area contributed by atoms with E-state index in [1.54, 1.807) is 18.4 Å². The highest BCUT2D eigenvalue weighted by Gasteiger charge is 2.40. The molecule has 3 rings (SSSR count). The monoisotopic (exact) mass is 322 g/mol. The van der Waals surface area contributed by atoms with Gasteiger partial charge in [-0.05, 0) is 69.7 Å². The first kappa shape index (κ1) is 16.0. The van der Waals surface area contributed by atoms with Crippen molar-refractivity contribution in [3.8, 4) is 0 Å². The highest BCUT2D eigenvalue weighted by Crippen LogP contribution is 2.39. The van der Waals surface area contributed by atoms with E-state index in [1.165, 1.54) is 41.7 Å². The van der Waals surface area contributed by atoms with Crippen LogP contribution < -0.4 is 10.6 Å². The van der Waals surface area contributed by atoms with Gasteiger partial charge in [-0.3, -0.25) is 4.79 Å². The van der Waals surface area contributed by atoms with E-state index >= 15 is 0 Å². The Bertz CT molecular complexity index is 542. The van der Waals surface area contributed by atoms with Crippen molar-refractivity contribution in [3.63, 3.8) is 0 Å². The van der Waals surface area contributed by atoms with Crippen LogP contribution in [0.15, 0.2) is 0 Å². The van der Waals surface area contributed by atoms with Crippen LogP contribution in [0, 0.1) is 12.3 Å². The standard InChI is InChI=1S/C17H26N2O2S/c1-12-13-5-3-4-6-14(13)22-15(12)19-16(20)17(11-21-2)7-9-18-10-8-17/h18H,3-11H2,1-2H3,(H,19,20). The van der Waals surface area contributed by atoms with Crippen molar-refractivity contribution in [2.45, 2.75) is 45.4 Å². The Balaban J connectivity index is 1.79. The van der Waals surface area contributed by atoms with Crippen LogP contribution in [-0.2, 0) is 22.4 Å². The number of rotatable bonds is 4. The van der Waals surface area contributed by atoms with Crippen LogP contribution in [0.2, 0.25) is 0 Å². The van der Waals surface area contributed by atoms with Gasteiger partial charge in [0.25, 0.3) is 0 Å². The Kier molecular flexibility index (Phi) is 4.85. The zero-order valence-electron chi connectivity index (χ0n) is 13.6. The number of carbonyl (C=O) groups excluding carboxylic acids is 1. The average Bonchev–Trinajstić information content (AvgIpc) is 2.85. The van der Waals surface area contributed by atoms with Crippen LogP contribution in [0.3, 0.4) is 0 Å². The lowest BCUT2D eigenvalue weighted by atomic mass is 9.78. The number of fused-ring (bicyclic) bond motifs is 1. The minimum absolute atomic E-state index is 0.137. The zero-order valence-corrected chi connectivity index (χ0v) is 14.4. The van der Waals surface area contributed by atoms with Crippen LogP contribution in [0.5, 0.6) is 0 Å². The van der Waals surface area contributed by atoms with Gasteiger partial charge >= 0.3 is 0 Å².